The van der Waals surface area contributed by atoms with Crippen LogP contribution in [0.4, 0.5) is 5.69 Å². The molecule has 1 aromatic carbocycles. The van der Waals surface area contributed by atoms with E-state index in [0.29, 0.717) is 6.42 Å². The number of hydrogen-bond acceptors (Lipinski definition) is 3. The van der Waals surface area contributed by atoms with Gasteiger partial charge in [0.15, 0.2) is 0 Å². The Balaban J connectivity index is 1.97. The number of amides is 1. The van der Waals surface area contributed by atoms with Gasteiger partial charge in [-0.2, -0.15) is 5.10 Å². The molecule has 6 heteroatoms. The summed E-state index contributed by atoms with van der Waals surface area (Å²) in [7, 11) is 0. The number of benzene rings is 1. The molecule has 1 aromatic heterocycles. The van der Waals surface area contributed by atoms with Crippen LogP contribution in [0.5, 0.6) is 0 Å². The van der Waals surface area contributed by atoms with Crippen molar-refractivity contribution in [2.24, 2.45) is 0 Å². The molecule has 2 rings (SSSR count). The lowest BCUT2D eigenvalue weighted by Gasteiger charge is -2.13. The van der Waals surface area contributed by atoms with Crippen LogP contribution in [0.25, 0.3) is 0 Å². The Bertz CT molecular complexity index is 606. The highest BCUT2D eigenvalue weighted by molar-refractivity contribution is 9.10. The number of hydrogen-bond donors (Lipinski definition) is 1. The molecule has 20 heavy (non-hydrogen) atoms. The third-order valence-corrected chi connectivity index (χ3v) is 3.46. The maximum Gasteiger partial charge on any atom is 0.226 e. The van der Waals surface area contributed by atoms with Crippen molar-refractivity contribution in [2.45, 2.75) is 33.2 Å². The lowest BCUT2D eigenvalue weighted by Crippen LogP contribution is -2.19. The van der Waals surface area contributed by atoms with Gasteiger partial charge in [0.1, 0.15) is 11.6 Å². The van der Waals surface area contributed by atoms with Crippen LogP contribution in [0.3, 0.4) is 0 Å². The largest absolute Gasteiger partial charge is 0.326 e. The van der Waals surface area contributed by atoms with Crippen LogP contribution in [-0.2, 0) is 4.79 Å². The van der Waals surface area contributed by atoms with Crippen LogP contribution in [-0.4, -0.2) is 20.7 Å². The molecular weight excluding hydrogens is 320 g/mol. The number of halogens is 1. The Morgan fingerprint density at radius 2 is 2.00 bits per heavy atom. The second-order valence-corrected chi connectivity index (χ2v) is 5.67. The van der Waals surface area contributed by atoms with Crippen molar-refractivity contribution in [2.75, 3.05) is 5.32 Å². The summed E-state index contributed by atoms with van der Waals surface area (Å²) >= 11 is 3.36. The fourth-order valence-corrected chi connectivity index (χ4v) is 2.32. The standard InChI is InChI=1S/C14H17BrN4O/c1-9(19-11(3)16-10(2)18-19)8-14(20)17-13-6-4-12(15)5-7-13/h4-7,9H,8H2,1-3H3,(H,17,20). The average molecular weight is 337 g/mol. The van der Waals surface area contributed by atoms with Gasteiger partial charge in [0.25, 0.3) is 0 Å². The summed E-state index contributed by atoms with van der Waals surface area (Å²) < 4.78 is 2.77. The van der Waals surface area contributed by atoms with E-state index in [9.17, 15) is 4.79 Å². The molecule has 0 aliphatic heterocycles. The highest BCUT2D eigenvalue weighted by atomic mass is 79.9. The molecule has 0 saturated carbocycles. The van der Waals surface area contributed by atoms with Crippen molar-refractivity contribution in [3.63, 3.8) is 0 Å². The normalized spacial score (nSPS) is 12.2. The molecule has 0 fully saturated rings. The first-order valence-electron chi connectivity index (χ1n) is 6.41. The molecule has 0 aliphatic carbocycles. The van der Waals surface area contributed by atoms with Crippen molar-refractivity contribution in [3.05, 3.63) is 40.4 Å². The van der Waals surface area contributed by atoms with Crippen molar-refractivity contribution in [3.8, 4) is 0 Å². The number of anilines is 1. The van der Waals surface area contributed by atoms with Gasteiger partial charge in [-0.25, -0.2) is 9.67 Å². The first-order valence-corrected chi connectivity index (χ1v) is 7.20. The number of aryl methyl sites for hydroxylation is 2. The Morgan fingerprint density at radius 3 is 2.55 bits per heavy atom. The van der Waals surface area contributed by atoms with E-state index in [1.807, 2.05) is 45.0 Å². The zero-order chi connectivity index (χ0) is 14.7. The first-order chi connectivity index (χ1) is 9.45. The molecule has 1 N–H and O–H groups in total. The van der Waals surface area contributed by atoms with Crippen LogP contribution >= 0.6 is 15.9 Å². The number of aromatic nitrogens is 3. The van der Waals surface area contributed by atoms with Gasteiger partial charge in [-0.3, -0.25) is 4.79 Å². The van der Waals surface area contributed by atoms with Crippen molar-refractivity contribution in [1.29, 1.82) is 0 Å². The van der Waals surface area contributed by atoms with Gasteiger partial charge in [-0.05, 0) is 45.0 Å². The summed E-state index contributed by atoms with van der Waals surface area (Å²) in [6.07, 6.45) is 0.361. The van der Waals surface area contributed by atoms with Crippen molar-refractivity contribution in [1.82, 2.24) is 14.8 Å². The van der Waals surface area contributed by atoms with E-state index < -0.39 is 0 Å². The van der Waals surface area contributed by atoms with E-state index in [1.165, 1.54) is 0 Å². The van der Waals surface area contributed by atoms with Crippen LogP contribution < -0.4 is 5.32 Å². The van der Waals surface area contributed by atoms with Crippen molar-refractivity contribution >= 4 is 27.5 Å². The molecule has 0 aliphatic rings. The molecule has 0 radical (unpaired) electrons. The molecule has 1 amide bonds. The van der Waals surface area contributed by atoms with E-state index in [1.54, 1.807) is 4.68 Å². The maximum atomic E-state index is 12.0. The van der Waals surface area contributed by atoms with E-state index in [0.717, 1.165) is 21.8 Å². The molecule has 5 nitrogen and oxygen atoms in total. The number of rotatable bonds is 4. The molecule has 106 valence electrons. The van der Waals surface area contributed by atoms with Crippen molar-refractivity contribution < 1.29 is 4.79 Å². The highest BCUT2D eigenvalue weighted by Crippen LogP contribution is 2.16. The van der Waals surface area contributed by atoms with Gasteiger partial charge in [-0.1, -0.05) is 15.9 Å². The fourth-order valence-electron chi connectivity index (χ4n) is 2.05. The third kappa shape index (κ3) is 3.66. The Hall–Kier alpha value is -1.69. The molecule has 0 spiro atoms. The molecule has 0 bridgehead atoms. The summed E-state index contributed by atoms with van der Waals surface area (Å²) in [5.41, 5.74) is 0.789. The number of nitrogens with zero attached hydrogens (tertiary/aromatic N) is 3. The minimum atomic E-state index is -0.0348. The quantitative estimate of drug-likeness (QED) is 0.932. The zero-order valence-corrected chi connectivity index (χ0v) is 13.3. The van der Waals surface area contributed by atoms with Gasteiger partial charge in [0.05, 0.1) is 6.04 Å². The summed E-state index contributed by atoms with van der Waals surface area (Å²) in [6.45, 7) is 5.70. The van der Waals surface area contributed by atoms with Gasteiger partial charge >= 0.3 is 0 Å². The SMILES string of the molecule is Cc1nc(C)n(C(C)CC(=O)Nc2ccc(Br)cc2)n1. The van der Waals surface area contributed by atoms with Crippen LogP contribution in [0, 0.1) is 13.8 Å². The summed E-state index contributed by atoms with van der Waals surface area (Å²) in [6, 6.07) is 7.48. The van der Waals surface area contributed by atoms with E-state index in [2.05, 4.69) is 31.3 Å². The average Bonchev–Trinajstić information content (AvgIpc) is 2.71. The van der Waals surface area contributed by atoms with E-state index >= 15 is 0 Å². The summed E-state index contributed by atoms with van der Waals surface area (Å²) in [5, 5.41) is 7.18. The minimum Gasteiger partial charge on any atom is -0.326 e. The smallest absolute Gasteiger partial charge is 0.226 e. The molecule has 2 aromatic rings. The predicted octanol–water partition coefficient (Wildman–Crippen LogP) is 3.25. The number of nitrogens with one attached hydrogen (secondary N) is 1. The number of carbonyl (C=O) groups excluding carboxylic acids is 1. The Kier molecular flexibility index (Phi) is 4.54. The predicted molar refractivity (Wildman–Crippen MR) is 81.6 cm³/mol. The first kappa shape index (κ1) is 14.7. The van der Waals surface area contributed by atoms with Gasteiger partial charge in [0.2, 0.25) is 5.91 Å². The molecular formula is C14H17BrN4O. The number of carbonyl (C=O) groups is 1. The highest BCUT2D eigenvalue weighted by Gasteiger charge is 2.14. The monoisotopic (exact) mass is 336 g/mol. The molecule has 1 heterocycles. The topological polar surface area (TPSA) is 59.8 Å². The Labute approximate surface area is 126 Å². The molecule has 1 atom stereocenters. The summed E-state index contributed by atoms with van der Waals surface area (Å²) in [5.74, 6) is 1.52. The maximum absolute atomic E-state index is 12.0. The van der Waals surface area contributed by atoms with Gasteiger partial charge < -0.3 is 5.32 Å². The minimum absolute atomic E-state index is 0.0216. The zero-order valence-electron chi connectivity index (χ0n) is 11.7. The van der Waals surface area contributed by atoms with Crippen LogP contribution in [0.15, 0.2) is 28.7 Å². The second kappa shape index (κ2) is 6.17. The van der Waals surface area contributed by atoms with Gasteiger partial charge in [0, 0.05) is 16.6 Å². The molecule has 1 unspecified atom stereocenters. The van der Waals surface area contributed by atoms with Crippen LogP contribution in [0.1, 0.15) is 31.0 Å². The lowest BCUT2D eigenvalue weighted by atomic mass is 10.2. The third-order valence-electron chi connectivity index (χ3n) is 2.93. The van der Waals surface area contributed by atoms with E-state index in [4.69, 9.17) is 0 Å². The van der Waals surface area contributed by atoms with Gasteiger partial charge in [-0.15, -0.1) is 0 Å². The van der Waals surface area contributed by atoms with Crippen LogP contribution in [0.2, 0.25) is 0 Å². The Morgan fingerprint density at radius 1 is 1.35 bits per heavy atom. The summed E-state index contributed by atoms with van der Waals surface area (Å²) in [4.78, 5) is 16.3. The fraction of sp³-hybridized carbons (Fsp3) is 0.357. The molecule has 0 saturated heterocycles. The second-order valence-electron chi connectivity index (χ2n) is 4.76. The van der Waals surface area contributed by atoms with E-state index in [-0.39, 0.29) is 11.9 Å². The lowest BCUT2D eigenvalue weighted by molar-refractivity contribution is -0.116.